The van der Waals surface area contributed by atoms with Gasteiger partial charge in [0.1, 0.15) is 0 Å². The topological polar surface area (TPSA) is 79.3 Å². The van der Waals surface area contributed by atoms with Gasteiger partial charge in [-0.15, -0.1) is 11.3 Å². The normalized spacial score (nSPS) is 17.6. The van der Waals surface area contributed by atoms with E-state index in [9.17, 15) is 14.7 Å². The first-order valence-corrected chi connectivity index (χ1v) is 7.94. The van der Waals surface area contributed by atoms with Crippen molar-refractivity contribution in [1.29, 1.82) is 0 Å². The van der Waals surface area contributed by atoms with E-state index in [0.717, 1.165) is 25.0 Å². The van der Waals surface area contributed by atoms with Crippen molar-refractivity contribution in [1.82, 2.24) is 10.3 Å². The summed E-state index contributed by atoms with van der Waals surface area (Å²) >= 11 is 1.51. The smallest absolute Gasteiger partial charge is 0.311 e. The van der Waals surface area contributed by atoms with Crippen LogP contribution in [0.3, 0.4) is 0 Å². The van der Waals surface area contributed by atoms with Gasteiger partial charge < -0.3 is 10.4 Å². The maximum Gasteiger partial charge on any atom is 0.311 e. The van der Waals surface area contributed by atoms with E-state index in [0.29, 0.717) is 25.7 Å². The SMILES string of the molecule is O=C(CCc1cscn1)NCC1(C(=O)O)CCCCC1. The van der Waals surface area contributed by atoms with E-state index < -0.39 is 11.4 Å². The highest BCUT2D eigenvalue weighted by Crippen LogP contribution is 2.36. The Morgan fingerprint density at radius 2 is 2.10 bits per heavy atom. The molecule has 1 aliphatic carbocycles. The summed E-state index contributed by atoms with van der Waals surface area (Å²) in [6.07, 6.45) is 5.24. The van der Waals surface area contributed by atoms with Gasteiger partial charge in [-0.25, -0.2) is 4.98 Å². The maximum absolute atomic E-state index is 11.8. The summed E-state index contributed by atoms with van der Waals surface area (Å²) in [6, 6.07) is 0. The molecular formula is C14H20N2O3S. The number of carbonyl (C=O) groups excluding carboxylic acids is 1. The van der Waals surface area contributed by atoms with Gasteiger partial charge in [-0.2, -0.15) is 0 Å². The van der Waals surface area contributed by atoms with E-state index in [2.05, 4.69) is 10.3 Å². The first kappa shape index (κ1) is 15.0. The molecule has 5 nitrogen and oxygen atoms in total. The lowest BCUT2D eigenvalue weighted by atomic mass is 9.74. The third kappa shape index (κ3) is 3.79. The Labute approximate surface area is 122 Å². The number of nitrogens with one attached hydrogen (secondary N) is 1. The van der Waals surface area contributed by atoms with Crippen molar-refractivity contribution in [2.24, 2.45) is 5.41 Å². The molecule has 1 saturated carbocycles. The Morgan fingerprint density at radius 1 is 1.35 bits per heavy atom. The predicted octanol–water partition coefficient (Wildman–Crippen LogP) is 2.23. The number of rotatable bonds is 6. The van der Waals surface area contributed by atoms with Crippen molar-refractivity contribution >= 4 is 23.2 Å². The molecule has 2 rings (SSSR count). The van der Waals surface area contributed by atoms with Crippen molar-refractivity contribution in [3.63, 3.8) is 0 Å². The third-order valence-corrected chi connectivity index (χ3v) is 4.62. The molecule has 0 aromatic carbocycles. The molecule has 0 aliphatic heterocycles. The number of thiazole rings is 1. The zero-order valence-corrected chi connectivity index (χ0v) is 12.2. The molecule has 1 aliphatic rings. The Bertz CT molecular complexity index is 453. The third-order valence-electron chi connectivity index (χ3n) is 3.98. The molecular weight excluding hydrogens is 276 g/mol. The van der Waals surface area contributed by atoms with Crippen LogP contribution in [0, 0.1) is 5.41 Å². The van der Waals surface area contributed by atoms with E-state index in [1.165, 1.54) is 11.3 Å². The Morgan fingerprint density at radius 3 is 2.70 bits per heavy atom. The highest BCUT2D eigenvalue weighted by molar-refractivity contribution is 7.07. The fourth-order valence-electron chi connectivity index (χ4n) is 2.65. The molecule has 2 N–H and O–H groups in total. The summed E-state index contributed by atoms with van der Waals surface area (Å²) in [5.74, 6) is -0.874. The molecule has 0 unspecified atom stereocenters. The average Bonchev–Trinajstić information content (AvgIpc) is 2.97. The quantitative estimate of drug-likeness (QED) is 0.843. The summed E-state index contributed by atoms with van der Waals surface area (Å²) < 4.78 is 0. The van der Waals surface area contributed by atoms with Gasteiger partial charge in [0, 0.05) is 18.3 Å². The molecule has 1 aromatic heterocycles. The number of carbonyl (C=O) groups is 2. The van der Waals surface area contributed by atoms with Crippen LogP contribution in [0.5, 0.6) is 0 Å². The maximum atomic E-state index is 11.8. The van der Waals surface area contributed by atoms with Crippen molar-refractivity contribution in [3.8, 4) is 0 Å². The number of carboxylic acids is 1. The van der Waals surface area contributed by atoms with Crippen LogP contribution in [0.15, 0.2) is 10.9 Å². The fourth-order valence-corrected chi connectivity index (χ4v) is 3.25. The molecule has 0 bridgehead atoms. The Balaban J connectivity index is 1.80. The van der Waals surface area contributed by atoms with Gasteiger partial charge in [-0.3, -0.25) is 9.59 Å². The molecule has 0 atom stereocenters. The molecule has 1 aromatic rings. The molecule has 6 heteroatoms. The molecule has 0 saturated heterocycles. The van der Waals surface area contributed by atoms with Crippen molar-refractivity contribution < 1.29 is 14.7 Å². The number of nitrogens with zero attached hydrogens (tertiary/aromatic N) is 1. The van der Waals surface area contributed by atoms with E-state index >= 15 is 0 Å². The first-order chi connectivity index (χ1) is 9.62. The van der Waals surface area contributed by atoms with Crippen LogP contribution in [0.1, 0.15) is 44.2 Å². The van der Waals surface area contributed by atoms with Gasteiger partial charge >= 0.3 is 5.97 Å². The van der Waals surface area contributed by atoms with E-state index in [1.807, 2.05) is 5.38 Å². The van der Waals surface area contributed by atoms with Gasteiger partial charge in [0.2, 0.25) is 5.91 Å². The van der Waals surface area contributed by atoms with Crippen LogP contribution in [0.4, 0.5) is 0 Å². The molecule has 110 valence electrons. The van der Waals surface area contributed by atoms with Crippen LogP contribution in [0.25, 0.3) is 0 Å². The molecule has 1 amide bonds. The number of aromatic nitrogens is 1. The zero-order valence-electron chi connectivity index (χ0n) is 11.4. The van der Waals surface area contributed by atoms with Gasteiger partial charge in [-0.05, 0) is 19.3 Å². The van der Waals surface area contributed by atoms with Crippen molar-refractivity contribution in [2.75, 3.05) is 6.54 Å². The minimum absolute atomic E-state index is 0.0933. The summed E-state index contributed by atoms with van der Waals surface area (Å²) in [4.78, 5) is 27.4. The Hall–Kier alpha value is -1.43. The minimum Gasteiger partial charge on any atom is -0.481 e. The van der Waals surface area contributed by atoms with Crippen LogP contribution >= 0.6 is 11.3 Å². The highest BCUT2D eigenvalue weighted by Gasteiger charge is 2.39. The number of hydrogen-bond donors (Lipinski definition) is 2. The van der Waals surface area contributed by atoms with Crippen LogP contribution in [-0.2, 0) is 16.0 Å². The molecule has 0 spiro atoms. The van der Waals surface area contributed by atoms with Gasteiger partial charge in [0.05, 0.1) is 16.6 Å². The van der Waals surface area contributed by atoms with Crippen molar-refractivity contribution in [3.05, 3.63) is 16.6 Å². The van der Waals surface area contributed by atoms with Crippen molar-refractivity contribution in [2.45, 2.75) is 44.9 Å². The number of aryl methyl sites for hydroxylation is 1. The number of aliphatic carboxylic acids is 1. The highest BCUT2D eigenvalue weighted by atomic mass is 32.1. The lowest BCUT2D eigenvalue weighted by Gasteiger charge is -2.33. The molecule has 1 fully saturated rings. The van der Waals surface area contributed by atoms with Crippen LogP contribution < -0.4 is 5.32 Å². The lowest BCUT2D eigenvalue weighted by molar-refractivity contribution is -0.151. The van der Waals surface area contributed by atoms with Gasteiger partial charge in [0.15, 0.2) is 0 Å². The van der Waals surface area contributed by atoms with Gasteiger partial charge in [-0.1, -0.05) is 19.3 Å². The summed E-state index contributed by atoms with van der Waals surface area (Å²) in [5, 5.41) is 14.1. The van der Waals surface area contributed by atoms with E-state index in [-0.39, 0.29) is 12.5 Å². The van der Waals surface area contributed by atoms with Crippen LogP contribution in [-0.4, -0.2) is 28.5 Å². The monoisotopic (exact) mass is 296 g/mol. The Kier molecular flexibility index (Phi) is 5.11. The number of carboxylic acid groups (broad SMARTS) is 1. The lowest BCUT2D eigenvalue weighted by Crippen LogP contribution is -2.44. The molecule has 0 radical (unpaired) electrons. The van der Waals surface area contributed by atoms with Gasteiger partial charge in [0.25, 0.3) is 0 Å². The first-order valence-electron chi connectivity index (χ1n) is 7.00. The average molecular weight is 296 g/mol. The standard InChI is InChI=1S/C14H20N2O3S/c17-12(5-4-11-8-20-10-16-11)15-9-14(13(18)19)6-2-1-3-7-14/h8,10H,1-7,9H2,(H,15,17)(H,18,19). The predicted molar refractivity (Wildman–Crippen MR) is 76.6 cm³/mol. The second-order valence-corrected chi connectivity index (χ2v) is 6.12. The largest absolute Gasteiger partial charge is 0.481 e. The minimum atomic E-state index is -0.781. The van der Waals surface area contributed by atoms with E-state index in [1.54, 1.807) is 5.51 Å². The fraction of sp³-hybridized carbons (Fsp3) is 0.643. The van der Waals surface area contributed by atoms with E-state index in [4.69, 9.17) is 0 Å². The summed E-state index contributed by atoms with van der Waals surface area (Å²) in [5.41, 5.74) is 1.90. The van der Waals surface area contributed by atoms with Crippen LogP contribution in [0.2, 0.25) is 0 Å². The molecule has 20 heavy (non-hydrogen) atoms. The second kappa shape index (κ2) is 6.83. The number of hydrogen-bond acceptors (Lipinski definition) is 4. The second-order valence-electron chi connectivity index (χ2n) is 5.40. The zero-order chi connectivity index (χ0) is 14.4. The summed E-state index contributed by atoms with van der Waals surface area (Å²) in [7, 11) is 0. The summed E-state index contributed by atoms with van der Waals surface area (Å²) in [6.45, 7) is 0.248. The number of amides is 1. The molecule has 1 heterocycles.